The lowest BCUT2D eigenvalue weighted by Crippen LogP contribution is -2.43. The molecule has 0 fully saturated rings. The molecule has 0 amide bonds. The van der Waals surface area contributed by atoms with Crippen LogP contribution >= 0.6 is 0 Å². The van der Waals surface area contributed by atoms with E-state index in [4.69, 9.17) is 14.2 Å². The summed E-state index contributed by atoms with van der Waals surface area (Å²) in [5, 5.41) is 15.8. The summed E-state index contributed by atoms with van der Waals surface area (Å²) in [6, 6.07) is 10.3. The molecule has 2 heterocycles. The van der Waals surface area contributed by atoms with Crippen molar-refractivity contribution in [3.05, 3.63) is 53.1 Å². The molecular weight excluding hydrogens is 402 g/mol. The van der Waals surface area contributed by atoms with Gasteiger partial charge in [0.25, 0.3) is 0 Å². The lowest BCUT2D eigenvalue weighted by atomic mass is 9.95. The molecule has 9 nitrogen and oxygen atoms in total. The van der Waals surface area contributed by atoms with Crippen molar-refractivity contribution in [3.63, 3.8) is 0 Å². The van der Waals surface area contributed by atoms with Gasteiger partial charge in [-0.25, -0.2) is 14.6 Å². The SMILES string of the molecule is CCOC(=O)C1=NN(c2ccccc2C(=O)O)C2c3cc(OC)c(OC)cc3CCN12. The fraction of sp³-hybridized carbons (Fsp3) is 0.318. The molecule has 2 aromatic carbocycles. The number of ether oxygens (including phenoxy) is 3. The van der Waals surface area contributed by atoms with Crippen molar-refractivity contribution in [3.8, 4) is 11.5 Å². The number of rotatable bonds is 6. The molecule has 0 saturated heterocycles. The summed E-state index contributed by atoms with van der Waals surface area (Å²) in [6.07, 6.45) is 0.127. The average Bonchev–Trinajstić information content (AvgIpc) is 3.18. The zero-order chi connectivity index (χ0) is 22.1. The summed E-state index contributed by atoms with van der Waals surface area (Å²) in [4.78, 5) is 26.4. The van der Waals surface area contributed by atoms with Gasteiger partial charge in [0.2, 0.25) is 5.84 Å². The van der Waals surface area contributed by atoms with Crippen LogP contribution in [0.4, 0.5) is 5.69 Å². The molecule has 31 heavy (non-hydrogen) atoms. The van der Waals surface area contributed by atoms with Gasteiger partial charge < -0.3 is 24.2 Å². The van der Waals surface area contributed by atoms with Crippen LogP contribution in [0.3, 0.4) is 0 Å². The van der Waals surface area contributed by atoms with Crippen molar-refractivity contribution >= 4 is 23.5 Å². The Labute approximate surface area is 179 Å². The fourth-order valence-electron chi connectivity index (χ4n) is 4.02. The first-order valence-electron chi connectivity index (χ1n) is 9.88. The first-order chi connectivity index (χ1) is 15.0. The van der Waals surface area contributed by atoms with Gasteiger partial charge >= 0.3 is 11.9 Å². The van der Waals surface area contributed by atoms with Crippen molar-refractivity contribution in [1.29, 1.82) is 0 Å². The average molecular weight is 425 g/mol. The molecule has 162 valence electrons. The van der Waals surface area contributed by atoms with Crippen LogP contribution in [0, 0.1) is 0 Å². The number of carboxylic acids is 1. The number of amidine groups is 1. The van der Waals surface area contributed by atoms with E-state index in [1.807, 2.05) is 17.0 Å². The molecular formula is C22H23N3O6. The van der Waals surface area contributed by atoms with Gasteiger partial charge in [0, 0.05) is 12.1 Å². The van der Waals surface area contributed by atoms with Crippen LogP contribution in [-0.2, 0) is 16.0 Å². The van der Waals surface area contributed by atoms with Crippen LogP contribution < -0.4 is 14.5 Å². The third-order valence-electron chi connectivity index (χ3n) is 5.39. The van der Waals surface area contributed by atoms with E-state index in [-0.39, 0.29) is 18.0 Å². The number of anilines is 1. The van der Waals surface area contributed by atoms with E-state index in [1.165, 1.54) is 6.07 Å². The smallest absolute Gasteiger partial charge is 0.376 e. The summed E-state index contributed by atoms with van der Waals surface area (Å²) in [5.74, 6) is -0.333. The largest absolute Gasteiger partial charge is 0.493 e. The number of carbonyl (C=O) groups excluding carboxylic acids is 1. The van der Waals surface area contributed by atoms with Crippen molar-refractivity contribution in [2.45, 2.75) is 19.5 Å². The number of carbonyl (C=O) groups is 2. The van der Waals surface area contributed by atoms with E-state index in [0.29, 0.717) is 30.2 Å². The van der Waals surface area contributed by atoms with Gasteiger partial charge in [-0.05, 0) is 43.2 Å². The van der Waals surface area contributed by atoms with Crippen LogP contribution in [0.5, 0.6) is 11.5 Å². The summed E-state index contributed by atoms with van der Waals surface area (Å²) >= 11 is 0. The van der Waals surface area contributed by atoms with Crippen molar-refractivity contribution in [2.75, 3.05) is 32.4 Å². The quantitative estimate of drug-likeness (QED) is 0.705. The second-order valence-corrected chi connectivity index (χ2v) is 7.03. The van der Waals surface area contributed by atoms with Crippen molar-refractivity contribution in [1.82, 2.24) is 4.90 Å². The highest BCUT2D eigenvalue weighted by Crippen LogP contribution is 2.44. The van der Waals surface area contributed by atoms with Crippen LogP contribution in [0.25, 0.3) is 0 Å². The molecule has 1 unspecified atom stereocenters. The van der Waals surface area contributed by atoms with Crippen LogP contribution in [0.2, 0.25) is 0 Å². The Morgan fingerprint density at radius 3 is 2.55 bits per heavy atom. The Hall–Kier alpha value is -3.75. The van der Waals surface area contributed by atoms with Crippen LogP contribution in [0.15, 0.2) is 41.5 Å². The number of nitrogens with zero attached hydrogens (tertiary/aromatic N) is 3. The number of carboxylic acid groups (broad SMARTS) is 1. The zero-order valence-corrected chi connectivity index (χ0v) is 17.5. The minimum atomic E-state index is -1.08. The molecule has 2 aliphatic heterocycles. The summed E-state index contributed by atoms with van der Waals surface area (Å²) in [6.45, 7) is 2.45. The summed E-state index contributed by atoms with van der Waals surface area (Å²) in [7, 11) is 3.13. The number of aromatic carboxylic acids is 1. The molecule has 0 aliphatic carbocycles. The first kappa shape index (κ1) is 20.5. The highest BCUT2D eigenvalue weighted by atomic mass is 16.5. The maximum atomic E-state index is 12.6. The number of hydrogen-bond donors (Lipinski definition) is 1. The molecule has 4 rings (SSSR count). The molecule has 2 aliphatic rings. The van der Waals surface area contributed by atoms with Gasteiger partial charge in [0.15, 0.2) is 17.7 Å². The predicted octanol–water partition coefficient (Wildman–Crippen LogP) is 2.66. The molecule has 1 N–H and O–H groups in total. The van der Waals surface area contributed by atoms with Crippen LogP contribution in [-0.4, -0.2) is 55.2 Å². The third-order valence-corrected chi connectivity index (χ3v) is 5.39. The van der Waals surface area contributed by atoms with Gasteiger partial charge in [0.1, 0.15) is 0 Å². The van der Waals surface area contributed by atoms with E-state index in [2.05, 4.69) is 5.10 Å². The Balaban J connectivity index is 1.89. The molecule has 0 radical (unpaired) electrons. The zero-order valence-electron chi connectivity index (χ0n) is 17.5. The predicted molar refractivity (Wildman–Crippen MR) is 113 cm³/mol. The topological polar surface area (TPSA) is 101 Å². The molecule has 0 bridgehead atoms. The van der Waals surface area contributed by atoms with Crippen LogP contribution in [0.1, 0.15) is 34.6 Å². The minimum absolute atomic E-state index is 0.0870. The molecule has 2 aromatic rings. The highest BCUT2D eigenvalue weighted by Gasteiger charge is 2.44. The van der Waals surface area contributed by atoms with Gasteiger partial charge in [-0.2, -0.15) is 0 Å². The fourth-order valence-corrected chi connectivity index (χ4v) is 4.02. The Bertz CT molecular complexity index is 1070. The molecule has 0 spiro atoms. The number of esters is 1. The highest BCUT2D eigenvalue weighted by molar-refractivity contribution is 6.36. The third kappa shape index (κ3) is 3.41. The first-order valence-corrected chi connectivity index (χ1v) is 9.88. The Morgan fingerprint density at radius 2 is 1.87 bits per heavy atom. The lowest BCUT2D eigenvalue weighted by Gasteiger charge is -2.37. The lowest BCUT2D eigenvalue weighted by molar-refractivity contribution is -0.135. The molecule has 1 atom stereocenters. The van der Waals surface area contributed by atoms with E-state index in [9.17, 15) is 14.7 Å². The van der Waals surface area contributed by atoms with E-state index >= 15 is 0 Å². The number of benzene rings is 2. The molecule has 0 saturated carbocycles. The van der Waals surface area contributed by atoms with E-state index < -0.39 is 18.1 Å². The van der Waals surface area contributed by atoms with Gasteiger partial charge in [0.05, 0.1) is 32.1 Å². The number of hydrogen-bond acceptors (Lipinski definition) is 8. The second-order valence-electron chi connectivity index (χ2n) is 7.03. The maximum absolute atomic E-state index is 12.6. The molecule has 9 heteroatoms. The van der Waals surface area contributed by atoms with Gasteiger partial charge in [-0.3, -0.25) is 0 Å². The summed E-state index contributed by atoms with van der Waals surface area (Å²) in [5.41, 5.74) is 2.33. The standard InChI is InChI=1S/C22H23N3O6/c1-4-31-22(28)19-23-25(16-8-6-5-7-14(16)21(26)27)20-15-12-18(30-3)17(29-2)11-13(15)9-10-24(19)20/h5-8,11-12,20H,4,9-10H2,1-3H3,(H,26,27). The monoisotopic (exact) mass is 425 g/mol. The Morgan fingerprint density at radius 1 is 1.16 bits per heavy atom. The maximum Gasteiger partial charge on any atom is 0.376 e. The number of hydrazone groups is 1. The van der Waals surface area contributed by atoms with Gasteiger partial charge in [-0.1, -0.05) is 12.1 Å². The van der Waals surface area contributed by atoms with Crippen molar-refractivity contribution < 1.29 is 28.9 Å². The van der Waals surface area contributed by atoms with Crippen molar-refractivity contribution in [2.24, 2.45) is 5.10 Å². The minimum Gasteiger partial charge on any atom is -0.493 e. The number of fused-ring (bicyclic) bond motifs is 3. The normalized spacial score (nSPS) is 16.9. The second kappa shape index (κ2) is 8.17. The number of para-hydroxylation sites is 1. The Kier molecular flexibility index (Phi) is 5.41. The number of methoxy groups -OCH3 is 2. The van der Waals surface area contributed by atoms with E-state index in [0.717, 1.165) is 11.1 Å². The summed E-state index contributed by atoms with van der Waals surface area (Å²) < 4.78 is 16.1. The van der Waals surface area contributed by atoms with Gasteiger partial charge in [-0.15, -0.1) is 5.10 Å². The van der Waals surface area contributed by atoms with E-state index in [1.54, 1.807) is 44.4 Å². The molecule has 0 aromatic heterocycles.